The highest BCUT2D eigenvalue weighted by atomic mass is 35.5. The summed E-state index contributed by atoms with van der Waals surface area (Å²) >= 11 is 0. The third kappa shape index (κ3) is 4.20. The van der Waals surface area contributed by atoms with E-state index in [0.717, 1.165) is 0 Å². The van der Waals surface area contributed by atoms with Gasteiger partial charge in [-0.2, -0.15) is 0 Å². The van der Waals surface area contributed by atoms with E-state index in [9.17, 15) is 13.2 Å². The van der Waals surface area contributed by atoms with Gasteiger partial charge in [-0.1, -0.05) is 19.1 Å². The predicted octanol–water partition coefficient (Wildman–Crippen LogP) is 2.07. The molecule has 0 atom stereocenters. The number of halogens is 1. The molecule has 0 spiro atoms. The highest BCUT2D eigenvalue weighted by Gasteiger charge is 2.10. The van der Waals surface area contributed by atoms with Crippen LogP contribution in [0.3, 0.4) is 0 Å². The normalized spacial score (nSPS) is 10.3. The average molecular weight is 264 g/mol. The molecule has 0 aromatic heterocycles. The van der Waals surface area contributed by atoms with Crippen molar-refractivity contribution in [3.05, 3.63) is 29.8 Å². The van der Waals surface area contributed by atoms with E-state index in [1.54, 1.807) is 31.2 Å². The number of aldehydes is 1. The molecule has 4 nitrogen and oxygen atoms in total. The smallest absolute Gasteiger partial charge is 0.232 e. The zero-order chi connectivity index (χ0) is 11.3. The van der Waals surface area contributed by atoms with E-state index in [4.69, 9.17) is 0 Å². The van der Waals surface area contributed by atoms with Gasteiger partial charge in [-0.05, 0) is 18.6 Å². The number of para-hydroxylation sites is 1. The summed E-state index contributed by atoms with van der Waals surface area (Å²) in [6.45, 7) is 1.78. The first-order valence-electron chi connectivity index (χ1n) is 4.63. The molecule has 1 aromatic rings. The van der Waals surface area contributed by atoms with Crippen LogP contribution in [0.4, 0.5) is 5.69 Å². The number of benzene rings is 1. The Balaban J connectivity index is 0.00000225. The maximum absolute atomic E-state index is 11.4. The van der Waals surface area contributed by atoms with Crippen molar-refractivity contribution < 1.29 is 13.2 Å². The number of carbonyl (C=O) groups is 1. The van der Waals surface area contributed by atoms with E-state index < -0.39 is 10.0 Å². The molecular formula is C10H14ClNO3S. The average Bonchev–Trinajstić information content (AvgIpc) is 2.17. The molecule has 0 bridgehead atoms. The second-order valence-corrected chi connectivity index (χ2v) is 4.97. The second-order valence-electron chi connectivity index (χ2n) is 3.13. The van der Waals surface area contributed by atoms with Crippen molar-refractivity contribution in [1.29, 1.82) is 0 Å². The van der Waals surface area contributed by atoms with Crippen LogP contribution in [0.25, 0.3) is 0 Å². The van der Waals surface area contributed by atoms with Crippen molar-refractivity contribution in [2.24, 2.45) is 0 Å². The van der Waals surface area contributed by atoms with E-state index in [2.05, 4.69) is 4.72 Å². The monoisotopic (exact) mass is 263 g/mol. The van der Waals surface area contributed by atoms with Crippen molar-refractivity contribution in [3.8, 4) is 0 Å². The van der Waals surface area contributed by atoms with Crippen LogP contribution in [0.1, 0.15) is 23.7 Å². The molecule has 0 heterocycles. The van der Waals surface area contributed by atoms with Gasteiger partial charge in [-0.25, -0.2) is 8.42 Å². The quantitative estimate of drug-likeness (QED) is 0.828. The lowest BCUT2D eigenvalue weighted by Crippen LogP contribution is -2.17. The lowest BCUT2D eigenvalue weighted by Gasteiger charge is -2.08. The van der Waals surface area contributed by atoms with Gasteiger partial charge >= 0.3 is 0 Å². The minimum absolute atomic E-state index is 0. The first-order chi connectivity index (χ1) is 7.09. The zero-order valence-electron chi connectivity index (χ0n) is 8.84. The summed E-state index contributed by atoms with van der Waals surface area (Å²) in [5, 5.41) is 0. The van der Waals surface area contributed by atoms with Crippen LogP contribution in [0.15, 0.2) is 24.3 Å². The Morgan fingerprint density at radius 2 is 1.94 bits per heavy atom. The molecule has 1 rings (SSSR count). The Bertz CT molecular complexity index is 445. The Kier molecular flexibility index (Phi) is 6.06. The maximum Gasteiger partial charge on any atom is 0.232 e. The molecule has 0 aliphatic heterocycles. The van der Waals surface area contributed by atoms with Crippen LogP contribution < -0.4 is 4.72 Å². The lowest BCUT2D eigenvalue weighted by molar-refractivity contribution is 0.112. The predicted molar refractivity (Wildman–Crippen MR) is 66.8 cm³/mol. The van der Waals surface area contributed by atoms with E-state index in [1.807, 2.05) is 0 Å². The molecule has 6 heteroatoms. The maximum atomic E-state index is 11.4. The third-order valence-electron chi connectivity index (χ3n) is 1.83. The fraction of sp³-hybridized carbons (Fsp3) is 0.300. The molecular weight excluding hydrogens is 250 g/mol. The van der Waals surface area contributed by atoms with Crippen LogP contribution in [0, 0.1) is 0 Å². The molecule has 0 unspecified atom stereocenters. The van der Waals surface area contributed by atoms with Gasteiger partial charge in [0.15, 0.2) is 6.29 Å². The first-order valence-corrected chi connectivity index (χ1v) is 6.29. The number of sulfonamides is 1. The van der Waals surface area contributed by atoms with E-state index in [1.165, 1.54) is 0 Å². The highest BCUT2D eigenvalue weighted by Crippen LogP contribution is 2.14. The summed E-state index contributed by atoms with van der Waals surface area (Å²) in [5.41, 5.74) is 0.679. The molecule has 0 saturated carbocycles. The van der Waals surface area contributed by atoms with E-state index in [-0.39, 0.29) is 18.2 Å². The van der Waals surface area contributed by atoms with Crippen LogP contribution in [0.5, 0.6) is 0 Å². The van der Waals surface area contributed by atoms with Crippen molar-refractivity contribution in [2.45, 2.75) is 13.3 Å². The summed E-state index contributed by atoms with van der Waals surface area (Å²) in [4.78, 5) is 10.6. The largest absolute Gasteiger partial charge is 0.298 e. The third-order valence-corrected chi connectivity index (χ3v) is 3.30. The number of anilines is 1. The minimum atomic E-state index is -3.33. The SMILES string of the molecule is CCCS(=O)(=O)Nc1ccccc1C=O.Cl. The van der Waals surface area contributed by atoms with Gasteiger partial charge in [0.1, 0.15) is 0 Å². The Morgan fingerprint density at radius 1 is 1.31 bits per heavy atom. The molecule has 1 aromatic carbocycles. The number of rotatable bonds is 5. The van der Waals surface area contributed by atoms with Gasteiger partial charge in [-0.3, -0.25) is 9.52 Å². The fourth-order valence-electron chi connectivity index (χ4n) is 1.18. The lowest BCUT2D eigenvalue weighted by atomic mass is 10.2. The summed E-state index contributed by atoms with van der Waals surface area (Å²) in [6.07, 6.45) is 1.17. The van der Waals surface area contributed by atoms with Gasteiger partial charge < -0.3 is 0 Å². The number of carbonyl (C=O) groups excluding carboxylic acids is 1. The minimum Gasteiger partial charge on any atom is -0.298 e. The molecule has 0 aliphatic rings. The van der Waals surface area contributed by atoms with Crippen LogP contribution >= 0.6 is 12.4 Å². The first kappa shape index (κ1) is 14.9. The van der Waals surface area contributed by atoms with Gasteiger partial charge in [0, 0.05) is 5.56 Å². The van der Waals surface area contributed by atoms with Crippen molar-refractivity contribution in [3.63, 3.8) is 0 Å². The van der Waals surface area contributed by atoms with Gasteiger partial charge in [0.25, 0.3) is 0 Å². The van der Waals surface area contributed by atoms with E-state index in [0.29, 0.717) is 24.0 Å². The zero-order valence-corrected chi connectivity index (χ0v) is 10.5. The second kappa shape index (κ2) is 6.50. The summed E-state index contributed by atoms with van der Waals surface area (Å²) in [6, 6.07) is 6.49. The molecule has 0 fully saturated rings. The molecule has 1 N–H and O–H groups in total. The summed E-state index contributed by atoms with van der Waals surface area (Å²) in [7, 11) is -3.33. The molecule has 0 aliphatic carbocycles. The van der Waals surface area contributed by atoms with Crippen molar-refractivity contribution in [1.82, 2.24) is 0 Å². The van der Waals surface area contributed by atoms with E-state index >= 15 is 0 Å². The van der Waals surface area contributed by atoms with Crippen LogP contribution in [-0.4, -0.2) is 20.5 Å². The molecule has 0 amide bonds. The Hall–Kier alpha value is -1.07. The fourth-order valence-corrected chi connectivity index (χ4v) is 2.34. The van der Waals surface area contributed by atoms with Crippen LogP contribution in [-0.2, 0) is 10.0 Å². The number of hydrogen-bond acceptors (Lipinski definition) is 3. The molecule has 90 valence electrons. The molecule has 16 heavy (non-hydrogen) atoms. The summed E-state index contributed by atoms with van der Waals surface area (Å²) in [5.74, 6) is 0.0557. The Labute approximate surface area is 102 Å². The van der Waals surface area contributed by atoms with Crippen molar-refractivity contribution >= 4 is 34.4 Å². The van der Waals surface area contributed by atoms with Crippen molar-refractivity contribution in [2.75, 3.05) is 10.5 Å². The standard InChI is InChI=1S/C10H13NO3S.ClH/c1-2-7-15(13,14)11-10-6-4-3-5-9(10)8-12;/h3-6,8,11H,2,7H2,1H3;1H. The topological polar surface area (TPSA) is 63.2 Å². The Morgan fingerprint density at radius 3 is 2.50 bits per heavy atom. The molecule has 0 saturated heterocycles. The van der Waals surface area contributed by atoms with Crippen LogP contribution in [0.2, 0.25) is 0 Å². The van der Waals surface area contributed by atoms with Gasteiger partial charge in [-0.15, -0.1) is 12.4 Å². The number of nitrogens with one attached hydrogen (secondary N) is 1. The van der Waals surface area contributed by atoms with Gasteiger partial charge in [0.05, 0.1) is 11.4 Å². The van der Waals surface area contributed by atoms with Gasteiger partial charge in [0.2, 0.25) is 10.0 Å². The highest BCUT2D eigenvalue weighted by molar-refractivity contribution is 7.92. The number of hydrogen-bond donors (Lipinski definition) is 1. The summed E-state index contributed by atoms with van der Waals surface area (Å²) < 4.78 is 25.3. The molecule has 0 radical (unpaired) electrons.